The Morgan fingerprint density at radius 2 is 2.09 bits per heavy atom. The van der Waals surface area contributed by atoms with Gasteiger partial charge in [0.15, 0.2) is 0 Å². The van der Waals surface area contributed by atoms with Crippen LogP contribution in [0, 0.1) is 5.92 Å². The number of nitrogens with one attached hydrogen (secondary N) is 1. The third kappa shape index (κ3) is 4.00. The second-order valence-electron chi connectivity index (χ2n) is 5.66. The van der Waals surface area contributed by atoms with Crippen molar-refractivity contribution in [1.29, 1.82) is 0 Å². The van der Waals surface area contributed by atoms with Gasteiger partial charge in [0.1, 0.15) is 11.8 Å². The van der Waals surface area contributed by atoms with Crippen molar-refractivity contribution < 1.29 is 14.3 Å². The van der Waals surface area contributed by atoms with Crippen LogP contribution in [0.25, 0.3) is 0 Å². The van der Waals surface area contributed by atoms with Crippen LogP contribution in [0.2, 0.25) is 0 Å². The quantitative estimate of drug-likeness (QED) is 0.872. The van der Waals surface area contributed by atoms with Gasteiger partial charge in [0.05, 0.1) is 6.61 Å². The summed E-state index contributed by atoms with van der Waals surface area (Å²) in [5, 5.41) is 2.64. The summed E-state index contributed by atoms with van der Waals surface area (Å²) in [6, 6.07) is 9.26. The summed E-state index contributed by atoms with van der Waals surface area (Å²) in [7, 11) is 1.61. The van der Waals surface area contributed by atoms with Crippen molar-refractivity contribution in [2.24, 2.45) is 5.92 Å². The van der Waals surface area contributed by atoms with Crippen LogP contribution in [0.4, 0.5) is 0 Å². The third-order valence-electron chi connectivity index (χ3n) is 4.07. The molecule has 2 amide bonds. The minimum atomic E-state index is -0.310. The third-order valence-corrected chi connectivity index (χ3v) is 4.07. The Morgan fingerprint density at radius 1 is 1.36 bits per heavy atom. The number of benzene rings is 1. The highest BCUT2D eigenvalue weighted by Gasteiger charge is 2.35. The fraction of sp³-hybridized carbons (Fsp3) is 0.529. The van der Waals surface area contributed by atoms with Gasteiger partial charge in [-0.2, -0.15) is 0 Å². The maximum Gasteiger partial charge on any atom is 0.242 e. The molecular weight excluding hydrogens is 280 g/mol. The molecular formula is C17H24N2O3. The van der Waals surface area contributed by atoms with E-state index in [4.69, 9.17) is 4.74 Å². The maximum atomic E-state index is 12.5. The van der Waals surface area contributed by atoms with E-state index in [0.29, 0.717) is 19.6 Å². The van der Waals surface area contributed by atoms with Crippen molar-refractivity contribution in [2.45, 2.75) is 32.2 Å². The Morgan fingerprint density at radius 3 is 2.77 bits per heavy atom. The first-order valence-corrected chi connectivity index (χ1v) is 7.83. The number of rotatable bonds is 6. The van der Waals surface area contributed by atoms with Gasteiger partial charge < -0.3 is 15.0 Å². The fourth-order valence-electron chi connectivity index (χ4n) is 2.75. The lowest BCUT2D eigenvalue weighted by atomic mass is 10.1. The minimum absolute atomic E-state index is 0.0442. The van der Waals surface area contributed by atoms with Crippen molar-refractivity contribution in [3.63, 3.8) is 0 Å². The summed E-state index contributed by atoms with van der Waals surface area (Å²) in [5.41, 5.74) is 0. The molecule has 1 aliphatic rings. The molecule has 0 unspecified atom stereocenters. The van der Waals surface area contributed by atoms with Gasteiger partial charge in [-0.25, -0.2) is 0 Å². The smallest absolute Gasteiger partial charge is 0.242 e. The van der Waals surface area contributed by atoms with Gasteiger partial charge in [0.2, 0.25) is 11.8 Å². The molecule has 1 heterocycles. The topological polar surface area (TPSA) is 58.6 Å². The average Bonchev–Trinajstić information content (AvgIpc) is 3.03. The lowest BCUT2D eigenvalue weighted by Gasteiger charge is -2.26. The van der Waals surface area contributed by atoms with E-state index in [1.54, 1.807) is 11.9 Å². The Hall–Kier alpha value is -2.04. The number of amides is 2. The van der Waals surface area contributed by atoms with Crippen molar-refractivity contribution in [3.8, 4) is 5.75 Å². The monoisotopic (exact) mass is 304 g/mol. The summed E-state index contributed by atoms with van der Waals surface area (Å²) < 4.78 is 5.63. The van der Waals surface area contributed by atoms with Crippen LogP contribution in [0.15, 0.2) is 30.3 Å². The Balaban J connectivity index is 1.82. The minimum Gasteiger partial charge on any atom is -0.494 e. The molecule has 1 aliphatic heterocycles. The van der Waals surface area contributed by atoms with Gasteiger partial charge in [-0.15, -0.1) is 0 Å². The number of para-hydroxylation sites is 1. The van der Waals surface area contributed by atoms with E-state index in [-0.39, 0.29) is 23.8 Å². The zero-order chi connectivity index (χ0) is 15.9. The van der Waals surface area contributed by atoms with E-state index in [1.165, 1.54) is 0 Å². The first-order valence-electron chi connectivity index (χ1n) is 7.83. The predicted octanol–water partition coefficient (Wildman–Crippen LogP) is 1.83. The van der Waals surface area contributed by atoms with Gasteiger partial charge in [-0.3, -0.25) is 9.59 Å². The van der Waals surface area contributed by atoms with Crippen molar-refractivity contribution >= 4 is 11.8 Å². The molecule has 0 radical (unpaired) electrons. The number of likely N-dealkylation sites (N-methyl/N-ethyl adjacent to an activating group) is 1. The largest absolute Gasteiger partial charge is 0.494 e. The van der Waals surface area contributed by atoms with Crippen molar-refractivity contribution in [1.82, 2.24) is 10.2 Å². The number of likely N-dealkylation sites (tertiary alicyclic amines) is 1. The molecule has 0 aromatic heterocycles. The number of hydrogen-bond acceptors (Lipinski definition) is 3. The summed E-state index contributed by atoms with van der Waals surface area (Å²) in [4.78, 5) is 26.0. The highest BCUT2D eigenvalue weighted by molar-refractivity contribution is 5.88. The summed E-state index contributed by atoms with van der Waals surface area (Å²) in [5.74, 6) is 0.641. The van der Waals surface area contributed by atoms with Gasteiger partial charge in [0, 0.05) is 19.5 Å². The fourth-order valence-corrected chi connectivity index (χ4v) is 2.75. The van der Waals surface area contributed by atoms with E-state index >= 15 is 0 Å². The van der Waals surface area contributed by atoms with Gasteiger partial charge in [-0.05, 0) is 31.4 Å². The van der Waals surface area contributed by atoms with E-state index in [1.807, 2.05) is 37.3 Å². The molecule has 2 atom stereocenters. The number of carbonyl (C=O) groups excluding carboxylic acids is 2. The molecule has 22 heavy (non-hydrogen) atoms. The van der Waals surface area contributed by atoms with Crippen LogP contribution in [0.5, 0.6) is 5.75 Å². The number of nitrogens with zero attached hydrogens (tertiary/aromatic N) is 1. The van der Waals surface area contributed by atoms with Gasteiger partial charge >= 0.3 is 0 Å². The summed E-state index contributed by atoms with van der Waals surface area (Å²) in [6.07, 6.45) is 2.28. The van der Waals surface area contributed by atoms with Gasteiger partial charge in [-0.1, -0.05) is 25.1 Å². The van der Waals surface area contributed by atoms with E-state index in [0.717, 1.165) is 18.6 Å². The molecule has 5 heteroatoms. The molecule has 1 aromatic carbocycles. The molecule has 1 fully saturated rings. The lowest BCUT2D eigenvalue weighted by molar-refractivity contribution is -0.141. The maximum absolute atomic E-state index is 12.5. The van der Waals surface area contributed by atoms with Crippen LogP contribution < -0.4 is 10.1 Å². The SMILES string of the molecule is CNC(=O)[C@H]1CCCN1C(=O)[C@H](C)CCOc1ccccc1. The molecule has 0 spiro atoms. The molecule has 5 nitrogen and oxygen atoms in total. The molecule has 0 bridgehead atoms. The standard InChI is InChI=1S/C17H24N2O3/c1-13(10-12-22-14-7-4-3-5-8-14)17(21)19-11-6-9-15(19)16(20)18-2/h3-5,7-8,13,15H,6,9-12H2,1-2H3,(H,18,20)/t13-,15-/m1/s1. The van der Waals surface area contributed by atoms with E-state index in [2.05, 4.69) is 5.32 Å². The number of ether oxygens (including phenoxy) is 1. The first kappa shape index (κ1) is 16.3. The van der Waals surface area contributed by atoms with Crippen LogP contribution in [-0.4, -0.2) is 43.0 Å². The molecule has 1 saturated heterocycles. The first-order chi connectivity index (χ1) is 10.6. The predicted molar refractivity (Wildman–Crippen MR) is 84.5 cm³/mol. The van der Waals surface area contributed by atoms with Gasteiger partial charge in [0.25, 0.3) is 0 Å². The lowest BCUT2D eigenvalue weighted by Crippen LogP contribution is -2.46. The number of hydrogen-bond donors (Lipinski definition) is 1. The van der Waals surface area contributed by atoms with E-state index in [9.17, 15) is 9.59 Å². The zero-order valence-electron chi connectivity index (χ0n) is 13.2. The molecule has 120 valence electrons. The molecule has 1 N–H and O–H groups in total. The van der Waals surface area contributed by atoms with Crippen LogP contribution in [-0.2, 0) is 9.59 Å². The molecule has 1 aromatic rings. The molecule has 2 rings (SSSR count). The zero-order valence-corrected chi connectivity index (χ0v) is 13.2. The summed E-state index contributed by atoms with van der Waals surface area (Å²) >= 11 is 0. The molecule has 0 saturated carbocycles. The van der Waals surface area contributed by atoms with Crippen molar-refractivity contribution in [2.75, 3.05) is 20.2 Å². The Kier molecular flexibility index (Phi) is 5.81. The van der Waals surface area contributed by atoms with Crippen LogP contribution >= 0.6 is 0 Å². The Labute approximate surface area is 131 Å². The number of carbonyl (C=O) groups is 2. The van der Waals surface area contributed by atoms with Crippen molar-refractivity contribution in [3.05, 3.63) is 30.3 Å². The normalized spacial score (nSPS) is 18.8. The van der Waals surface area contributed by atoms with E-state index < -0.39 is 0 Å². The van der Waals surface area contributed by atoms with Crippen LogP contribution in [0.3, 0.4) is 0 Å². The molecule has 0 aliphatic carbocycles. The second kappa shape index (κ2) is 7.82. The highest BCUT2D eigenvalue weighted by atomic mass is 16.5. The summed E-state index contributed by atoms with van der Waals surface area (Å²) in [6.45, 7) is 3.06. The van der Waals surface area contributed by atoms with Crippen LogP contribution in [0.1, 0.15) is 26.2 Å². The average molecular weight is 304 g/mol. The second-order valence-corrected chi connectivity index (χ2v) is 5.66. The Bertz CT molecular complexity index is 504. The highest BCUT2D eigenvalue weighted by Crippen LogP contribution is 2.21.